The Morgan fingerprint density at radius 3 is 2.92 bits per heavy atom. The van der Waals surface area contributed by atoms with E-state index in [4.69, 9.17) is 14.5 Å². The molecule has 2 fully saturated rings. The largest absolute Gasteiger partial charge is 0.388 e. The maximum absolute atomic E-state index is 13.1. The number of ether oxygens (including phenoxy) is 2. The molecule has 1 unspecified atom stereocenters. The maximum atomic E-state index is 13.1. The second-order valence-corrected chi connectivity index (χ2v) is 9.07. The molecule has 0 spiro atoms. The van der Waals surface area contributed by atoms with E-state index in [0.29, 0.717) is 22.7 Å². The predicted molar refractivity (Wildman–Crippen MR) is 132 cm³/mol. The molecule has 3 atom stereocenters. The molecular weight excluding hydrogens is 464 g/mol. The predicted octanol–water partition coefficient (Wildman–Crippen LogP) is 0.800. The van der Waals surface area contributed by atoms with E-state index in [1.165, 1.54) is 6.20 Å². The van der Waals surface area contributed by atoms with Crippen LogP contribution in [0, 0.1) is 0 Å². The summed E-state index contributed by atoms with van der Waals surface area (Å²) >= 11 is 0. The number of hydrogen-bond acceptors (Lipinski definition) is 9. The number of amides is 1. The molecule has 6 heterocycles. The van der Waals surface area contributed by atoms with Crippen molar-refractivity contribution in [3.8, 4) is 11.4 Å². The molecule has 12 heteroatoms. The highest BCUT2D eigenvalue weighted by Gasteiger charge is 2.29. The molecule has 0 aliphatic carbocycles. The number of aliphatic hydroxyl groups excluding tert-OH is 1. The Balaban J connectivity index is 1.40. The Labute approximate surface area is 206 Å². The molecule has 2 saturated heterocycles. The van der Waals surface area contributed by atoms with E-state index in [9.17, 15) is 9.90 Å². The molecule has 1 amide bonds. The Morgan fingerprint density at radius 1 is 1.28 bits per heavy atom. The number of nitrogens with one attached hydrogen (secondary N) is 2. The van der Waals surface area contributed by atoms with Gasteiger partial charge in [-0.25, -0.2) is 9.97 Å². The van der Waals surface area contributed by atoms with Crippen molar-refractivity contribution in [2.45, 2.75) is 24.7 Å². The molecule has 188 valence electrons. The molecule has 0 saturated carbocycles. The van der Waals surface area contributed by atoms with E-state index in [-0.39, 0.29) is 25.2 Å². The molecule has 0 radical (unpaired) electrons. The minimum absolute atomic E-state index is 0.201. The van der Waals surface area contributed by atoms with E-state index < -0.39 is 12.1 Å². The highest BCUT2D eigenvalue weighted by Crippen LogP contribution is 2.31. The lowest BCUT2D eigenvalue weighted by atomic mass is 10.2. The summed E-state index contributed by atoms with van der Waals surface area (Å²) in [5, 5.41) is 20.4. The Bertz CT molecular complexity index is 1430. The quantitative estimate of drug-likeness (QED) is 0.358. The van der Waals surface area contributed by atoms with Crippen LogP contribution in [-0.4, -0.2) is 93.7 Å². The molecule has 2 aliphatic heterocycles. The summed E-state index contributed by atoms with van der Waals surface area (Å²) in [6, 6.07) is 5.50. The summed E-state index contributed by atoms with van der Waals surface area (Å²) in [6.07, 6.45) is 5.62. The van der Waals surface area contributed by atoms with Gasteiger partial charge in [-0.1, -0.05) is 0 Å². The lowest BCUT2D eigenvalue weighted by Crippen LogP contribution is -2.42. The van der Waals surface area contributed by atoms with Crippen molar-refractivity contribution in [3.63, 3.8) is 0 Å². The fourth-order valence-electron chi connectivity index (χ4n) is 4.95. The topological polar surface area (TPSA) is 131 Å². The van der Waals surface area contributed by atoms with Crippen LogP contribution in [0.3, 0.4) is 0 Å². The zero-order valence-electron chi connectivity index (χ0n) is 20.1. The van der Waals surface area contributed by atoms with Gasteiger partial charge in [0.25, 0.3) is 5.91 Å². The first-order valence-electron chi connectivity index (χ1n) is 11.9. The van der Waals surface area contributed by atoms with Gasteiger partial charge in [0.1, 0.15) is 11.4 Å². The van der Waals surface area contributed by atoms with E-state index in [2.05, 4.69) is 31.7 Å². The average Bonchev–Trinajstić information content (AvgIpc) is 3.69. The molecular formula is C24H28N8O4. The van der Waals surface area contributed by atoms with Gasteiger partial charge in [-0.2, -0.15) is 9.61 Å². The van der Waals surface area contributed by atoms with Crippen molar-refractivity contribution < 1.29 is 19.4 Å². The first-order chi connectivity index (χ1) is 17.6. The number of carbonyl (C=O) groups excluding carboxylic acids is 1. The van der Waals surface area contributed by atoms with Crippen molar-refractivity contribution in [2.24, 2.45) is 0 Å². The van der Waals surface area contributed by atoms with Crippen molar-refractivity contribution in [3.05, 3.63) is 42.4 Å². The van der Waals surface area contributed by atoms with Gasteiger partial charge in [0.05, 0.1) is 54.7 Å². The van der Waals surface area contributed by atoms with Crippen molar-refractivity contribution in [1.29, 1.82) is 0 Å². The summed E-state index contributed by atoms with van der Waals surface area (Å²) in [4.78, 5) is 24.8. The number of aliphatic hydroxyl groups is 1. The first kappa shape index (κ1) is 22.7. The summed E-state index contributed by atoms with van der Waals surface area (Å²) < 4.78 is 14.4. The second-order valence-electron chi connectivity index (χ2n) is 9.07. The minimum atomic E-state index is -0.741. The number of carbonyl (C=O) groups is 1. The fourth-order valence-corrected chi connectivity index (χ4v) is 4.95. The first-order valence-corrected chi connectivity index (χ1v) is 11.9. The van der Waals surface area contributed by atoms with Crippen molar-refractivity contribution in [2.75, 3.05) is 50.7 Å². The zero-order valence-corrected chi connectivity index (χ0v) is 20.1. The highest BCUT2D eigenvalue weighted by molar-refractivity contribution is 6.00. The van der Waals surface area contributed by atoms with Gasteiger partial charge in [-0.05, 0) is 18.6 Å². The van der Waals surface area contributed by atoms with Crippen LogP contribution in [0.5, 0.6) is 0 Å². The van der Waals surface area contributed by atoms with Crippen molar-refractivity contribution >= 4 is 28.7 Å². The van der Waals surface area contributed by atoms with Crippen LogP contribution in [0.4, 0.5) is 11.5 Å². The van der Waals surface area contributed by atoms with E-state index in [1.807, 2.05) is 22.7 Å². The summed E-state index contributed by atoms with van der Waals surface area (Å²) in [5.74, 6) is 0.314. The number of imidazole rings is 1. The third-order valence-corrected chi connectivity index (χ3v) is 6.95. The number of aromatic nitrogens is 5. The molecule has 6 rings (SSSR count). The van der Waals surface area contributed by atoms with Crippen LogP contribution >= 0.6 is 0 Å². The number of nitrogens with zero attached hydrogens (tertiary/aromatic N) is 6. The number of pyridine rings is 1. The Kier molecular flexibility index (Phi) is 5.70. The van der Waals surface area contributed by atoms with Gasteiger partial charge in [0.2, 0.25) is 0 Å². The van der Waals surface area contributed by atoms with Gasteiger partial charge in [-0.15, -0.1) is 0 Å². The Morgan fingerprint density at radius 2 is 2.17 bits per heavy atom. The number of anilines is 2. The molecule has 4 aromatic heterocycles. The van der Waals surface area contributed by atoms with Crippen molar-refractivity contribution in [1.82, 2.24) is 29.3 Å². The van der Waals surface area contributed by atoms with Crippen LogP contribution in [0.15, 0.2) is 36.8 Å². The second kappa shape index (κ2) is 9.04. The monoisotopic (exact) mass is 492 g/mol. The van der Waals surface area contributed by atoms with Gasteiger partial charge in [-0.3, -0.25) is 9.20 Å². The normalized spacial score (nSPS) is 22.1. The van der Waals surface area contributed by atoms with E-state index in [1.54, 1.807) is 24.9 Å². The van der Waals surface area contributed by atoms with Crippen LogP contribution in [0.25, 0.3) is 22.7 Å². The molecule has 3 N–H and O–H groups in total. The van der Waals surface area contributed by atoms with Gasteiger partial charge >= 0.3 is 0 Å². The van der Waals surface area contributed by atoms with E-state index in [0.717, 1.165) is 36.5 Å². The SMILES string of the molecule is CNc1cc(-c2ccc(N3CC[C@H](OC)C3)c3nccn23)nc2c(C(=O)NC3COC[C@@H]3O)cnn12. The molecule has 36 heavy (non-hydrogen) atoms. The summed E-state index contributed by atoms with van der Waals surface area (Å²) in [7, 11) is 3.54. The zero-order chi connectivity index (χ0) is 24.8. The molecule has 0 aromatic carbocycles. The van der Waals surface area contributed by atoms with E-state index >= 15 is 0 Å². The summed E-state index contributed by atoms with van der Waals surface area (Å²) in [5.41, 5.74) is 4.09. The maximum Gasteiger partial charge on any atom is 0.257 e. The van der Waals surface area contributed by atoms with Crippen LogP contribution in [0.2, 0.25) is 0 Å². The molecule has 12 nitrogen and oxygen atoms in total. The lowest BCUT2D eigenvalue weighted by Gasteiger charge is -2.20. The number of rotatable bonds is 6. The smallest absolute Gasteiger partial charge is 0.257 e. The number of methoxy groups -OCH3 is 1. The average molecular weight is 493 g/mol. The molecule has 2 aliphatic rings. The van der Waals surface area contributed by atoms with Gasteiger partial charge < -0.3 is 30.1 Å². The van der Waals surface area contributed by atoms with Crippen LogP contribution in [-0.2, 0) is 9.47 Å². The molecule has 0 bridgehead atoms. The molecule has 4 aromatic rings. The van der Waals surface area contributed by atoms with Gasteiger partial charge in [0, 0.05) is 45.7 Å². The highest BCUT2D eigenvalue weighted by atomic mass is 16.5. The minimum Gasteiger partial charge on any atom is -0.388 e. The number of fused-ring (bicyclic) bond motifs is 2. The van der Waals surface area contributed by atoms with Crippen LogP contribution in [0.1, 0.15) is 16.8 Å². The fraction of sp³-hybridized carbons (Fsp3) is 0.417. The summed E-state index contributed by atoms with van der Waals surface area (Å²) in [6.45, 7) is 2.19. The van der Waals surface area contributed by atoms with Crippen LogP contribution < -0.4 is 15.5 Å². The third kappa shape index (κ3) is 3.74. The third-order valence-electron chi connectivity index (χ3n) is 6.95. The standard InChI is InChI=1S/C24H28N8O4/c1-25-21-9-16(28-22-15(10-27-32(21)22)24(34)29-17-12-36-13-20(17)33)18-3-4-19(23-26-6-8-31(18)23)30-7-5-14(11-30)35-2/h3-4,6,8-10,14,17,20,25,33H,5,7,11-13H2,1-2H3,(H,29,34)/t14-,17?,20-/m0/s1. The number of hydrogen-bond donors (Lipinski definition) is 3. The Hall–Kier alpha value is -3.74. The lowest BCUT2D eigenvalue weighted by molar-refractivity contribution is 0.0888. The van der Waals surface area contributed by atoms with Gasteiger partial charge in [0.15, 0.2) is 11.3 Å².